The third kappa shape index (κ3) is 5.40. The highest BCUT2D eigenvalue weighted by Crippen LogP contribution is 2.27. The standard InChI is InChI=1S/C23H29ClN2O4S/c1-4-21(17-7-12-22(30-3)16(2)14-17)25-23(27)18-6-5-13-26(15-18)31(28,29)20-10-8-19(24)9-11-20/h7-12,14,18,21H,4-6,13,15H2,1-3H3,(H,25,27). The largest absolute Gasteiger partial charge is 0.496 e. The summed E-state index contributed by atoms with van der Waals surface area (Å²) in [7, 11) is -2.03. The molecule has 0 radical (unpaired) electrons. The predicted octanol–water partition coefficient (Wildman–Crippen LogP) is 4.33. The maximum Gasteiger partial charge on any atom is 0.243 e. The number of halogens is 1. The molecule has 8 heteroatoms. The van der Waals surface area contributed by atoms with Crippen molar-refractivity contribution in [3.63, 3.8) is 0 Å². The molecule has 2 atom stereocenters. The van der Waals surface area contributed by atoms with Gasteiger partial charge < -0.3 is 10.1 Å². The molecule has 1 N–H and O–H groups in total. The maximum absolute atomic E-state index is 13.0. The van der Waals surface area contributed by atoms with Gasteiger partial charge in [0.15, 0.2) is 0 Å². The fourth-order valence-corrected chi connectivity index (χ4v) is 5.61. The molecule has 0 bridgehead atoms. The van der Waals surface area contributed by atoms with E-state index in [4.69, 9.17) is 16.3 Å². The van der Waals surface area contributed by atoms with Crippen LogP contribution in [0.25, 0.3) is 0 Å². The second kappa shape index (κ2) is 10.0. The quantitative estimate of drug-likeness (QED) is 0.661. The lowest BCUT2D eigenvalue weighted by atomic mass is 9.96. The molecule has 168 valence electrons. The van der Waals surface area contributed by atoms with Crippen LogP contribution in [-0.4, -0.2) is 38.8 Å². The zero-order valence-electron chi connectivity index (χ0n) is 18.1. The van der Waals surface area contributed by atoms with E-state index >= 15 is 0 Å². The van der Waals surface area contributed by atoms with Crippen molar-refractivity contribution in [3.05, 3.63) is 58.6 Å². The molecule has 2 unspecified atom stereocenters. The summed E-state index contributed by atoms with van der Waals surface area (Å²) in [5, 5.41) is 3.60. The Morgan fingerprint density at radius 1 is 1.26 bits per heavy atom. The van der Waals surface area contributed by atoms with Crippen LogP contribution in [0.3, 0.4) is 0 Å². The van der Waals surface area contributed by atoms with Gasteiger partial charge in [-0.15, -0.1) is 0 Å². The van der Waals surface area contributed by atoms with E-state index in [0.717, 1.165) is 23.3 Å². The first-order valence-electron chi connectivity index (χ1n) is 10.5. The van der Waals surface area contributed by atoms with Crippen molar-refractivity contribution in [3.8, 4) is 5.75 Å². The first-order chi connectivity index (χ1) is 14.8. The number of methoxy groups -OCH3 is 1. The van der Waals surface area contributed by atoms with Crippen molar-refractivity contribution in [2.24, 2.45) is 5.92 Å². The summed E-state index contributed by atoms with van der Waals surface area (Å²) in [5.41, 5.74) is 2.01. The lowest BCUT2D eigenvalue weighted by Gasteiger charge is -2.32. The molecule has 1 aliphatic rings. The second-order valence-electron chi connectivity index (χ2n) is 7.85. The Labute approximate surface area is 189 Å². The van der Waals surface area contributed by atoms with Crippen molar-refractivity contribution >= 4 is 27.5 Å². The molecule has 3 rings (SSSR count). The molecule has 0 aromatic heterocycles. The Kier molecular flexibility index (Phi) is 7.62. The summed E-state index contributed by atoms with van der Waals surface area (Å²) in [5.74, 6) is 0.306. The Balaban J connectivity index is 1.71. The van der Waals surface area contributed by atoms with Crippen molar-refractivity contribution < 1.29 is 17.9 Å². The van der Waals surface area contributed by atoms with Gasteiger partial charge in [-0.2, -0.15) is 4.31 Å². The molecule has 2 aromatic carbocycles. The third-order valence-corrected chi connectivity index (χ3v) is 7.88. The highest BCUT2D eigenvalue weighted by molar-refractivity contribution is 7.89. The van der Waals surface area contributed by atoms with E-state index in [1.165, 1.54) is 16.4 Å². The third-order valence-electron chi connectivity index (χ3n) is 5.75. The summed E-state index contributed by atoms with van der Waals surface area (Å²) in [6, 6.07) is 11.9. The van der Waals surface area contributed by atoms with E-state index in [-0.39, 0.29) is 29.3 Å². The number of aryl methyl sites for hydroxylation is 1. The van der Waals surface area contributed by atoms with Crippen LogP contribution >= 0.6 is 11.6 Å². The van der Waals surface area contributed by atoms with E-state index in [0.29, 0.717) is 24.4 Å². The number of nitrogens with one attached hydrogen (secondary N) is 1. The van der Waals surface area contributed by atoms with Gasteiger partial charge in [-0.25, -0.2) is 8.42 Å². The van der Waals surface area contributed by atoms with Gasteiger partial charge in [-0.3, -0.25) is 4.79 Å². The summed E-state index contributed by atoms with van der Waals surface area (Å²) in [6.07, 6.45) is 2.04. The normalized spacial score (nSPS) is 18.4. The molecule has 1 fully saturated rings. The van der Waals surface area contributed by atoms with Crippen LogP contribution in [0.2, 0.25) is 5.02 Å². The Morgan fingerprint density at radius 2 is 1.97 bits per heavy atom. The van der Waals surface area contributed by atoms with E-state index in [1.807, 2.05) is 32.0 Å². The zero-order chi connectivity index (χ0) is 22.6. The van der Waals surface area contributed by atoms with Crippen LogP contribution in [0.1, 0.15) is 43.4 Å². The topological polar surface area (TPSA) is 75.7 Å². The summed E-state index contributed by atoms with van der Waals surface area (Å²) >= 11 is 5.88. The molecule has 1 aliphatic heterocycles. The van der Waals surface area contributed by atoms with E-state index < -0.39 is 10.0 Å². The zero-order valence-corrected chi connectivity index (χ0v) is 19.7. The monoisotopic (exact) mass is 464 g/mol. The fraction of sp³-hybridized carbons (Fsp3) is 0.435. The molecule has 31 heavy (non-hydrogen) atoms. The number of amides is 1. The average molecular weight is 465 g/mol. The van der Waals surface area contributed by atoms with Gasteiger partial charge in [-0.05, 0) is 67.6 Å². The molecule has 1 saturated heterocycles. The molecule has 0 spiro atoms. The predicted molar refractivity (Wildman–Crippen MR) is 122 cm³/mol. The van der Waals surface area contributed by atoms with Crippen LogP contribution in [0.15, 0.2) is 47.4 Å². The summed E-state index contributed by atoms with van der Waals surface area (Å²) < 4.78 is 32.7. The maximum atomic E-state index is 13.0. The number of ether oxygens (including phenoxy) is 1. The van der Waals surface area contributed by atoms with Crippen LogP contribution in [0, 0.1) is 12.8 Å². The summed E-state index contributed by atoms with van der Waals surface area (Å²) in [4.78, 5) is 13.2. The van der Waals surface area contributed by atoms with E-state index in [9.17, 15) is 13.2 Å². The van der Waals surface area contributed by atoms with E-state index in [2.05, 4.69) is 5.32 Å². The molecule has 1 amide bonds. The number of rotatable bonds is 7. The highest BCUT2D eigenvalue weighted by atomic mass is 35.5. The lowest BCUT2D eigenvalue weighted by molar-refractivity contribution is -0.126. The minimum absolute atomic E-state index is 0.115. The van der Waals surface area contributed by atoms with Crippen molar-refractivity contribution in [1.29, 1.82) is 0 Å². The van der Waals surface area contributed by atoms with Gasteiger partial charge in [0, 0.05) is 18.1 Å². The van der Waals surface area contributed by atoms with Gasteiger partial charge in [-0.1, -0.05) is 30.7 Å². The number of hydrogen-bond acceptors (Lipinski definition) is 4. The number of piperidine rings is 1. The van der Waals surface area contributed by atoms with Crippen LogP contribution in [0.5, 0.6) is 5.75 Å². The van der Waals surface area contributed by atoms with Crippen molar-refractivity contribution in [2.75, 3.05) is 20.2 Å². The number of hydrogen-bond donors (Lipinski definition) is 1. The first kappa shape index (κ1) is 23.6. The number of carbonyl (C=O) groups is 1. The van der Waals surface area contributed by atoms with Gasteiger partial charge in [0.2, 0.25) is 15.9 Å². The second-order valence-corrected chi connectivity index (χ2v) is 10.2. The first-order valence-corrected chi connectivity index (χ1v) is 12.3. The van der Waals surface area contributed by atoms with Crippen molar-refractivity contribution in [2.45, 2.75) is 44.0 Å². The molecule has 1 heterocycles. The molecular weight excluding hydrogens is 436 g/mol. The Hall–Kier alpha value is -2.09. The summed E-state index contributed by atoms with van der Waals surface area (Å²) in [6.45, 7) is 4.57. The molecule has 6 nitrogen and oxygen atoms in total. The van der Waals surface area contributed by atoms with Gasteiger partial charge >= 0.3 is 0 Å². The Bertz CT molecular complexity index is 1020. The minimum Gasteiger partial charge on any atom is -0.496 e. The Morgan fingerprint density at radius 3 is 2.58 bits per heavy atom. The van der Waals surface area contributed by atoms with Gasteiger partial charge in [0.1, 0.15) is 5.75 Å². The highest BCUT2D eigenvalue weighted by Gasteiger charge is 2.34. The SMILES string of the molecule is CCC(NC(=O)C1CCCN(S(=O)(=O)c2ccc(Cl)cc2)C1)c1ccc(OC)c(C)c1. The molecule has 0 aliphatic carbocycles. The van der Waals surface area contributed by atoms with E-state index in [1.54, 1.807) is 19.2 Å². The fourth-order valence-electron chi connectivity index (χ4n) is 3.96. The van der Waals surface area contributed by atoms with Crippen molar-refractivity contribution in [1.82, 2.24) is 9.62 Å². The van der Waals surface area contributed by atoms with Crippen LogP contribution in [0.4, 0.5) is 0 Å². The average Bonchev–Trinajstić information content (AvgIpc) is 2.77. The minimum atomic E-state index is -3.66. The smallest absolute Gasteiger partial charge is 0.243 e. The molecule has 2 aromatic rings. The van der Waals surface area contributed by atoms with Gasteiger partial charge in [0.25, 0.3) is 0 Å². The number of benzene rings is 2. The number of sulfonamides is 1. The van der Waals surface area contributed by atoms with Crippen LogP contribution in [-0.2, 0) is 14.8 Å². The van der Waals surface area contributed by atoms with Crippen LogP contribution < -0.4 is 10.1 Å². The number of nitrogens with zero attached hydrogens (tertiary/aromatic N) is 1. The van der Waals surface area contributed by atoms with Gasteiger partial charge in [0.05, 0.1) is 24.0 Å². The molecule has 0 saturated carbocycles. The molecular formula is C23H29ClN2O4S. The number of carbonyl (C=O) groups excluding carboxylic acids is 1. The lowest BCUT2D eigenvalue weighted by Crippen LogP contribution is -2.46.